The van der Waals surface area contributed by atoms with Crippen molar-refractivity contribution < 1.29 is 38.4 Å². The third kappa shape index (κ3) is 14.8. The number of aryl methyl sites for hydroxylation is 2. The van der Waals surface area contributed by atoms with Crippen LogP contribution in [0.3, 0.4) is 0 Å². The molecule has 9 atom stereocenters. The Labute approximate surface area is 498 Å². The molecule has 4 aromatic carbocycles. The maximum atomic E-state index is 15.1. The predicted octanol–water partition coefficient (Wildman–Crippen LogP) is 8.73. The number of likely N-dealkylation sites (N-methyl/N-ethyl adjacent to an activating group) is 2. The van der Waals surface area contributed by atoms with Crippen LogP contribution < -0.4 is 26.6 Å². The van der Waals surface area contributed by atoms with E-state index in [1.807, 2.05) is 118 Å². The molecule has 0 spiro atoms. The molecule has 1 saturated heterocycles. The highest BCUT2D eigenvalue weighted by Gasteiger charge is 2.47. The van der Waals surface area contributed by atoms with Crippen molar-refractivity contribution in [3.63, 3.8) is 0 Å². The highest BCUT2D eigenvalue weighted by molar-refractivity contribution is 6.00. The van der Waals surface area contributed by atoms with Crippen LogP contribution in [0.5, 0.6) is 0 Å². The minimum absolute atomic E-state index is 0.0114. The second-order valence-electron chi connectivity index (χ2n) is 26.7. The number of carbonyl (C=O) groups excluding carboxylic acids is 8. The Morgan fingerprint density at radius 2 is 1.32 bits per heavy atom. The van der Waals surface area contributed by atoms with Gasteiger partial charge in [0.05, 0.1) is 24.2 Å². The summed E-state index contributed by atoms with van der Waals surface area (Å²) in [5.41, 5.74) is 6.62. The minimum Gasteiger partial charge on any atom is -0.347 e. The average Bonchev–Trinajstić information content (AvgIpc) is 4.09. The van der Waals surface area contributed by atoms with E-state index in [9.17, 15) is 33.6 Å². The molecule has 84 heavy (non-hydrogen) atoms. The van der Waals surface area contributed by atoms with Crippen LogP contribution >= 0.6 is 0 Å². The molecule has 5 N–H and O–H groups in total. The van der Waals surface area contributed by atoms with Crippen LogP contribution in [0, 0.1) is 22.7 Å². The highest BCUT2D eigenvalue weighted by Crippen LogP contribution is 2.39. The van der Waals surface area contributed by atoms with Crippen molar-refractivity contribution in [2.75, 3.05) is 20.1 Å². The molecule has 5 amide bonds. The van der Waals surface area contributed by atoms with Gasteiger partial charge in [0.15, 0.2) is 11.6 Å². The number of carbonyl (C=O) groups is 8. The summed E-state index contributed by atoms with van der Waals surface area (Å²) >= 11 is 0. The van der Waals surface area contributed by atoms with Gasteiger partial charge in [-0.2, -0.15) is 0 Å². The number of ketones is 3. The second-order valence-corrected chi connectivity index (χ2v) is 26.7. The lowest BCUT2D eigenvalue weighted by Gasteiger charge is -2.41. The summed E-state index contributed by atoms with van der Waals surface area (Å²) in [6.45, 7) is 20.0. The van der Waals surface area contributed by atoms with Gasteiger partial charge in [-0.15, -0.1) is 0 Å². The van der Waals surface area contributed by atoms with Crippen LogP contribution in [0.25, 0.3) is 0 Å². The third-order valence-electron chi connectivity index (χ3n) is 18.1. The molecule has 8 rings (SSSR count). The first-order valence-corrected chi connectivity index (χ1v) is 30.7. The maximum Gasteiger partial charge on any atom is 0.251 e. The standard InChI is InChI=1S/C69H91N7O8/c1-12-71-42(4)58(77)38-54(68(5,6)7)66(83)75-39-50-33-43(27-28-48(50)35-56(75)60(79)36-49-23-17-21-44-19-13-15-24-52(44)49)34-59(78)46-29-31-47(32-30-46)63(80)72-51-37-57(64(81)73-55-26-18-22-45-20-14-16-25-53(45)55)76(40-51)67(84)62(69(8,9)10)74-65(82)61(70-11)41(2)3/h13-16,19-20,24-25,27-33,41-42,49,51,54-57,61-62,70-71H,12,17-18,21-23,26,34-40H2,1-11H3,(H,72,80)(H,73,81)(H,74,82)/t42-,49-,51?,54+,55?,56?,57?,61-,62+/m0/s1. The minimum atomic E-state index is -0.977. The van der Waals surface area contributed by atoms with Crippen LogP contribution in [0.15, 0.2) is 91.0 Å². The number of likely N-dealkylation sites (tertiary alicyclic amines) is 1. The number of hydrogen-bond acceptors (Lipinski definition) is 10. The number of fused-ring (bicyclic) bond motifs is 3. The van der Waals surface area contributed by atoms with Crippen molar-refractivity contribution >= 4 is 46.9 Å². The molecule has 450 valence electrons. The number of Topliss-reactive ketones (excluding diaryl/α,β-unsaturated/α-hetero) is 3. The molecule has 4 aliphatic rings. The number of nitrogens with zero attached hydrogens (tertiary/aromatic N) is 2. The summed E-state index contributed by atoms with van der Waals surface area (Å²) in [6.07, 6.45) is 6.32. The first kappa shape index (κ1) is 63.2. The normalized spacial score (nSPS) is 21.0. The summed E-state index contributed by atoms with van der Waals surface area (Å²) in [4.78, 5) is 118. The molecule has 4 unspecified atom stereocenters. The fourth-order valence-electron chi connectivity index (χ4n) is 13.3. The van der Waals surface area contributed by atoms with Gasteiger partial charge in [0.2, 0.25) is 23.6 Å². The van der Waals surface area contributed by atoms with Crippen LogP contribution in [0.2, 0.25) is 0 Å². The largest absolute Gasteiger partial charge is 0.347 e. The van der Waals surface area contributed by atoms with E-state index in [-0.39, 0.29) is 85.3 Å². The van der Waals surface area contributed by atoms with Gasteiger partial charge >= 0.3 is 0 Å². The van der Waals surface area contributed by atoms with Gasteiger partial charge in [0.1, 0.15) is 17.9 Å². The van der Waals surface area contributed by atoms with E-state index in [2.05, 4.69) is 44.8 Å². The fraction of sp³-hybridized carbons (Fsp3) is 0.536. The molecule has 2 heterocycles. The van der Waals surface area contributed by atoms with E-state index in [1.165, 1.54) is 21.6 Å². The summed E-state index contributed by atoms with van der Waals surface area (Å²) < 4.78 is 0. The number of rotatable bonds is 21. The van der Waals surface area contributed by atoms with Gasteiger partial charge in [-0.25, -0.2) is 0 Å². The summed E-state index contributed by atoms with van der Waals surface area (Å²) in [7, 11) is 1.71. The van der Waals surface area contributed by atoms with Crippen molar-refractivity contribution in [2.45, 2.75) is 195 Å². The molecular formula is C69H91N7O8. The molecule has 2 aliphatic carbocycles. The molecule has 2 aliphatic heterocycles. The lowest BCUT2D eigenvalue weighted by molar-refractivity contribution is -0.149. The second kappa shape index (κ2) is 27.0. The molecular weight excluding hydrogens is 1050 g/mol. The first-order valence-electron chi connectivity index (χ1n) is 30.7. The van der Waals surface area contributed by atoms with Gasteiger partial charge in [-0.05, 0) is 139 Å². The summed E-state index contributed by atoms with van der Waals surface area (Å²) in [6, 6.07) is 24.2. The zero-order chi connectivity index (χ0) is 60.8. The van der Waals surface area contributed by atoms with E-state index >= 15 is 4.79 Å². The fourth-order valence-corrected chi connectivity index (χ4v) is 13.3. The SMILES string of the molecule is CCN[C@@H](C)C(=O)C[C@H](C(=O)N1Cc2cc(CC(=O)c3ccc(C(=O)NC4CC(C(=O)NC5CCCc6ccccc65)N(C(=O)[C@@H](NC(=O)[C@@H](NC)C(C)C)C(C)(C)C)C4)cc3)ccc2CC1C(=O)C[C@@H]1CCCc2ccccc21)C(C)(C)C. The van der Waals surface area contributed by atoms with Crippen molar-refractivity contribution in [2.24, 2.45) is 22.7 Å². The molecule has 0 radical (unpaired) electrons. The molecule has 1 fully saturated rings. The van der Waals surface area contributed by atoms with Crippen LogP contribution in [0.4, 0.5) is 0 Å². The third-order valence-corrected chi connectivity index (χ3v) is 18.1. The number of amides is 5. The Balaban J connectivity index is 0.977. The van der Waals surface area contributed by atoms with Gasteiger partial charge in [0, 0.05) is 61.9 Å². The van der Waals surface area contributed by atoms with Crippen molar-refractivity contribution in [3.05, 3.63) is 141 Å². The van der Waals surface area contributed by atoms with Crippen LogP contribution in [-0.2, 0) is 61.0 Å². The quantitative estimate of drug-likeness (QED) is 0.0502. The molecule has 15 nitrogen and oxygen atoms in total. The average molecular weight is 1150 g/mol. The monoisotopic (exact) mass is 1150 g/mol. The molecule has 0 aromatic heterocycles. The topological polar surface area (TPSA) is 203 Å². The van der Waals surface area contributed by atoms with E-state index in [4.69, 9.17) is 0 Å². The Kier molecular flexibility index (Phi) is 20.3. The van der Waals surface area contributed by atoms with E-state index in [0.717, 1.165) is 60.8 Å². The van der Waals surface area contributed by atoms with Gasteiger partial charge in [-0.3, -0.25) is 38.4 Å². The van der Waals surface area contributed by atoms with Crippen molar-refractivity contribution in [1.82, 2.24) is 36.4 Å². The van der Waals surface area contributed by atoms with Crippen LogP contribution in [-0.4, -0.2) is 113 Å². The Bertz CT molecular complexity index is 3080. The lowest BCUT2D eigenvalue weighted by atomic mass is 9.75. The van der Waals surface area contributed by atoms with Crippen molar-refractivity contribution in [3.8, 4) is 0 Å². The zero-order valence-corrected chi connectivity index (χ0v) is 51.5. The van der Waals surface area contributed by atoms with Crippen LogP contribution in [0.1, 0.15) is 186 Å². The van der Waals surface area contributed by atoms with E-state index < -0.39 is 64.8 Å². The number of benzene rings is 4. The summed E-state index contributed by atoms with van der Waals surface area (Å²) in [5.74, 6) is -2.60. The molecule has 0 bridgehead atoms. The maximum absolute atomic E-state index is 15.1. The van der Waals surface area contributed by atoms with E-state index in [0.29, 0.717) is 30.5 Å². The van der Waals surface area contributed by atoms with E-state index in [1.54, 1.807) is 36.2 Å². The Hall–Kier alpha value is -6.84. The molecule has 15 heteroatoms. The van der Waals surface area contributed by atoms with Gasteiger partial charge in [-0.1, -0.05) is 141 Å². The molecule has 0 saturated carbocycles. The van der Waals surface area contributed by atoms with Gasteiger partial charge < -0.3 is 36.4 Å². The number of nitrogens with one attached hydrogen (secondary N) is 5. The Morgan fingerprint density at radius 1 is 0.679 bits per heavy atom. The van der Waals surface area contributed by atoms with Crippen molar-refractivity contribution in [1.29, 1.82) is 0 Å². The zero-order valence-electron chi connectivity index (χ0n) is 51.5. The highest BCUT2D eigenvalue weighted by atomic mass is 16.2. The number of hydrogen-bond donors (Lipinski definition) is 5. The summed E-state index contributed by atoms with van der Waals surface area (Å²) in [5, 5.41) is 15.6. The smallest absolute Gasteiger partial charge is 0.251 e. The van der Waals surface area contributed by atoms with Gasteiger partial charge in [0.25, 0.3) is 5.91 Å². The predicted molar refractivity (Wildman–Crippen MR) is 327 cm³/mol. The molecule has 4 aromatic rings. The Morgan fingerprint density at radius 3 is 1.96 bits per heavy atom. The lowest BCUT2D eigenvalue weighted by Crippen LogP contribution is -2.60. The first-order chi connectivity index (χ1) is 39.9.